The maximum Gasteiger partial charge on any atom is 0.267 e. The number of thiazole rings is 1. The normalized spacial score (nSPS) is 16.7. The van der Waals surface area contributed by atoms with Crippen LogP contribution in [0.25, 0.3) is 0 Å². The number of hydrazone groups is 1. The van der Waals surface area contributed by atoms with Gasteiger partial charge in [0.25, 0.3) is 5.91 Å². The molecule has 6 nitrogen and oxygen atoms in total. The lowest BCUT2D eigenvalue weighted by Crippen LogP contribution is -2.38. The van der Waals surface area contributed by atoms with Crippen molar-refractivity contribution in [3.05, 3.63) is 16.6 Å². The van der Waals surface area contributed by atoms with Crippen LogP contribution in [0, 0.1) is 0 Å². The van der Waals surface area contributed by atoms with E-state index in [-0.39, 0.29) is 17.7 Å². The van der Waals surface area contributed by atoms with E-state index in [4.69, 9.17) is 0 Å². The van der Waals surface area contributed by atoms with Crippen LogP contribution in [0.1, 0.15) is 30.7 Å². The largest absolute Gasteiger partial charge is 0.350 e. The van der Waals surface area contributed by atoms with Gasteiger partial charge in [-0.25, -0.2) is 10.4 Å². The van der Waals surface area contributed by atoms with Crippen LogP contribution in [-0.2, 0) is 9.59 Å². The second kappa shape index (κ2) is 5.72. The Morgan fingerprint density at radius 3 is 3.06 bits per heavy atom. The lowest BCUT2D eigenvalue weighted by atomic mass is 10.1. The van der Waals surface area contributed by atoms with Crippen molar-refractivity contribution in [2.75, 3.05) is 6.54 Å². The average Bonchev–Trinajstić information content (AvgIpc) is 2.90. The maximum absolute atomic E-state index is 11.8. The van der Waals surface area contributed by atoms with Crippen LogP contribution in [0.2, 0.25) is 0 Å². The first kappa shape index (κ1) is 12.7. The molecule has 18 heavy (non-hydrogen) atoms. The Morgan fingerprint density at radius 1 is 1.61 bits per heavy atom. The van der Waals surface area contributed by atoms with Gasteiger partial charge in [0.1, 0.15) is 5.71 Å². The summed E-state index contributed by atoms with van der Waals surface area (Å²) in [5, 5.41) is 9.45. The van der Waals surface area contributed by atoms with Gasteiger partial charge in [-0.1, -0.05) is 6.92 Å². The van der Waals surface area contributed by atoms with Crippen molar-refractivity contribution in [3.8, 4) is 0 Å². The summed E-state index contributed by atoms with van der Waals surface area (Å²) in [6, 6.07) is 0. The van der Waals surface area contributed by atoms with Crippen molar-refractivity contribution in [1.29, 1.82) is 0 Å². The van der Waals surface area contributed by atoms with Gasteiger partial charge in [0.2, 0.25) is 5.91 Å². The van der Waals surface area contributed by atoms with Crippen molar-refractivity contribution in [2.45, 2.75) is 25.7 Å². The van der Waals surface area contributed by atoms with Crippen LogP contribution in [-0.4, -0.2) is 29.1 Å². The standard InChI is InChI=1S/C11H14N4O2S/c1-7(11-12-4-5-18-11)6-13-10(17)8-2-3-9(16)15-14-8/h4-5,7H,2-3,6H2,1H3,(H,13,17)(H,15,16). The lowest BCUT2D eigenvalue weighted by Gasteiger charge is -2.13. The molecule has 0 saturated carbocycles. The number of amides is 2. The third kappa shape index (κ3) is 3.13. The highest BCUT2D eigenvalue weighted by Gasteiger charge is 2.19. The van der Waals surface area contributed by atoms with E-state index in [0.717, 1.165) is 5.01 Å². The minimum absolute atomic E-state index is 0.150. The molecule has 0 radical (unpaired) electrons. The van der Waals surface area contributed by atoms with Gasteiger partial charge in [-0.2, -0.15) is 5.10 Å². The Bertz CT molecular complexity index is 469. The number of carbonyl (C=O) groups is 2. The molecular formula is C11H14N4O2S. The second-order valence-corrected chi connectivity index (χ2v) is 5.00. The van der Waals surface area contributed by atoms with E-state index in [1.807, 2.05) is 12.3 Å². The van der Waals surface area contributed by atoms with E-state index < -0.39 is 0 Å². The highest BCUT2D eigenvalue weighted by molar-refractivity contribution is 7.09. The van der Waals surface area contributed by atoms with Crippen LogP contribution >= 0.6 is 11.3 Å². The molecule has 0 saturated heterocycles. The van der Waals surface area contributed by atoms with Gasteiger partial charge in [-0.15, -0.1) is 11.3 Å². The molecule has 1 atom stereocenters. The maximum atomic E-state index is 11.8. The van der Waals surface area contributed by atoms with E-state index >= 15 is 0 Å². The van der Waals surface area contributed by atoms with Crippen LogP contribution < -0.4 is 10.7 Å². The zero-order valence-electron chi connectivity index (χ0n) is 9.97. The monoisotopic (exact) mass is 266 g/mol. The number of carbonyl (C=O) groups excluding carboxylic acids is 2. The van der Waals surface area contributed by atoms with Crippen LogP contribution in [0.5, 0.6) is 0 Å². The minimum Gasteiger partial charge on any atom is -0.350 e. The SMILES string of the molecule is CC(CNC(=O)C1=NNC(=O)CC1)c1nccs1. The highest BCUT2D eigenvalue weighted by atomic mass is 32.1. The molecule has 2 N–H and O–H groups in total. The first-order valence-corrected chi connectivity index (χ1v) is 6.58. The molecule has 2 amide bonds. The quantitative estimate of drug-likeness (QED) is 0.838. The van der Waals surface area contributed by atoms with Gasteiger partial charge in [-0.3, -0.25) is 9.59 Å². The number of hydrogen-bond acceptors (Lipinski definition) is 5. The van der Waals surface area contributed by atoms with Crippen LogP contribution in [0.15, 0.2) is 16.7 Å². The zero-order chi connectivity index (χ0) is 13.0. The first-order chi connectivity index (χ1) is 8.66. The summed E-state index contributed by atoms with van der Waals surface area (Å²) in [6.07, 6.45) is 2.46. The van der Waals surface area contributed by atoms with Crippen molar-refractivity contribution >= 4 is 28.9 Å². The topological polar surface area (TPSA) is 83.5 Å². The summed E-state index contributed by atoms with van der Waals surface area (Å²) < 4.78 is 0. The molecule has 0 aromatic carbocycles. The molecule has 1 unspecified atom stereocenters. The van der Waals surface area contributed by atoms with E-state index in [1.54, 1.807) is 17.5 Å². The number of nitrogens with zero attached hydrogens (tertiary/aromatic N) is 2. The zero-order valence-corrected chi connectivity index (χ0v) is 10.8. The smallest absolute Gasteiger partial charge is 0.267 e. The number of nitrogens with one attached hydrogen (secondary N) is 2. The molecule has 0 fully saturated rings. The van der Waals surface area contributed by atoms with Crippen LogP contribution in [0.3, 0.4) is 0 Å². The van der Waals surface area contributed by atoms with Crippen molar-refractivity contribution in [2.24, 2.45) is 5.10 Å². The van der Waals surface area contributed by atoms with E-state index in [2.05, 4.69) is 20.8 Å². The molecule has 7 heteroatoms. The van der Waals surface area contributed by atoms with E-state index in [9.17, 15) is 9.59 Å². The molecule has 2 rings (SSSR count). The highest BCUT2D eigenvalue weighted by Crippen LogP contribution is 2.16. The van der Waals surface area contributed by atoms with Crippen molar-refractivity contribution in [1.82, 2.24) is 15.7 Å². The third-order valence-electron chi connectivity index (χ3n) is 2.61. The van der Waals surface area contributed by atoms with Gasteiger partial charge in [0, 0.05) is 36.9 Å². The summed E-state index contributed by atoms with van der Waals surface area (Å²) >= 11 is 1.57. The Kier molecular flexibility index (Phi) is 4.03. The molecule has 1 aliphatic heterocycles. The minimum atomic E-state index is -0.224. The Balaban J connectivity index is 1.83. The summed E-state index contributed by atoms with van der Waals surface area (Å²) in [6.45, 7) is 2.52. The molecule has 0 bridgehead atoms. The van der Waals surface area contributed by atoms with Gasteiger partial charge >= 0.3 is 0 Å². The summed E-state index contributed by atoms with van der Waals surface area (Å²) in [5.41, 5.74) is 2.68. The fourth-order valence-corrected chi connectivity index (χ4v) is 2.25. The van der Waals surface area contributed by atoms with E-state index in [0.29, 0.717) is 25.1 Å². The van der Waals surface area contributed by atoms with E-state index in [1.165, 1.54) is 0 Å². The van der Waals surface area contributed by atoms with Gasteiger partial charge in [-0.05, 0) is 0 Å². The van der Waals surface area contributed by atoms with Crippen molar-refractivity contribution in [3.63, 3.8) is 0 Å². The predicted molar refractivity (Wildman–Crippen MR) is 68.4 cm³/mol. The Labute approximate surface area is 108 Å². The van der Waals surface area contributed by atoms with Gasteiger partial charge in [0.15, 0.2) is 0 Å². The summed E-state index contributed by atoms with van der Waals surface area (Å²) in [5.74, 6) is -0.200. The van der Waals surface area contributed by atoms with Crippen LogP contribution in [0.4, 0.5) is 0 Å². The molecule has 0 spiro atoms. The fraction of sp³-hybridized carbons (Fsp3) is 0.455. The fourth-order valence-electron chi connectivity index (χ4n) is 1.55. The average molecular weight is 266 g/mol. The molecule has 96 valence electrons. The molecule has 0 aliphatic carbocycles. The number of hydrogen-bond donors (Lipinski definition) is 2. The lowest BCUT2D eigenvalue weighted by molar-refractivity contribution is -0.121. The molecule has 1 aromatic heterocycles. The predicted octanol–water partition coefficient (Wildman–Crippen LogP) is 0.629. The molecule has 1 aromatic rings. The second-order valence-electron chi connectivity index (χ2n) is 4.07. The first-order valence-electron chi connectivity index (χ1n) is 5.70. The molecule has 1 aliphatic rings. The molecular weight excluding hydrogens is 252 g/mol. The number of rotatable bonds is 4. The number of aromatic nitrogens is 1. The molecule has 2 heterocycles. The Morgan fingerprint density at radius 2 is 2.44 bits per heavy atom. The summed E-state index contributed by atoms with van der Waals surface area (Å²) in [4.78, 5) is 26.9. The van der Waals surface area contributed by atoms with Gasteiger partial charge in [0.05, 0.1) is 5.01 Å². The Hall–Kier alpha value is -1.76. The third-order valence-corrected chi connectivity index (χ3v) is 3.62. The van der Waals surface area contributed by atoms with Crippen molar-refractivity contribution < 1.29 is 9.59 Å². The van der Waals surface area contributed by atoms with Gasteiger partial charge < -0.3 is 5.32 Å². The summed E-state index contributed by atoms with van der Waals surface area (Å²) in [7, 11) is 0.